The number of aryl methyl sites for hydroxylation is 1. The average molecular weight is 416 g/mol. The van der Waals surface area contributed by atoms with E-state index in [0.29, 0.717) is 15.7 Å². The second kappa shape index (κ2) is 9.48. The Morgan fingerprint density at radius 1 is 1.00 bits per heavy atom. The third-order valence-electron chi connectivity index (χ3n) is 3.66. The van der Waals surface area contributed by atoms with Crippen LogP contribution in [0.3, 0.4) is 0 Å². The summed E-state index contributed by atoms with van der Waals surface area (Å²) >= 11 is 2.69. The maximum absolute atomic E-state index is 12.9. The van der Waals surface area contributed by atoms with Gasteiger partial charge in [0.05, 0.1) is 17.9 Å². The predicted octanol–water partition coefficient (Wildman–Crippen LogP) is 4.50. The van der Waals surface area contributed by atoms with Gasteiger partial charge in [-0.2, -0.15) is 0 Å². The van der Waals surface area contributed by atoms with E-state index in [1.807, 2.05) is 36.6 Å². The first-order valence-electron chi connectivity index (χ1n) is 8.47. The van der Waals surface area contributed by atoms with Gasteiger partial charge in [0.2, 0.25) is 11.8 Å². The number of hydrogen-bond donors (Lipinski definition) is 2. The summed E-state index contributed by atoms with van der Waals surface area (Å²) in [6, 6.07) is 13.2. The van der Waals surface area contributed by atoms with Crippen LogP contribution in [0.1, 0.15) is 11.3 Å². The fraction of sp³-hybridized carbons (Fsp3) is 0.150. The number of carbonyl (C=O) groups excluding carboxylic acids is 2. The van der Waals surface area contributed by atoms with Crippen LogP contribution in [0.5, 0.6) is 0 Å². The molecule has 3 aromatic rings. The lowest BCUT2D eigenvalue weighted by Gasteiger charge is -2.04. The first kappa shape index (κ1) is 20.0. The van der Waals surface area contributed by atoms with Crippen molar-refractivity contribution in [3.8, 4) is 0 Å². The Kier molecular flexibility index (Phi) is 6.78. The number of rotatable bonds is 7. The van der Waals surface area contributed by atoms with Gasteiger partial charge in [0.25, 0.3) is 0 Å². The Morgan fingerprint density at radius 2 is 1.61 bits per heavy atom. The van der Waals surface area contributed by atoms with Crippen LogP contribution >= 0.6 is 23.1 Å². The van der Waals surface area contributed by atoms with Crippen LogP contribution in [0.2, 0.25) is 0 Å². The Hall–Kier alpha value is -2.71. The molecule has 144 valence electrons. The van der Waals surface area contributed by atoms with E-state index in [2.05, 4.69) is 15.6 Å². The Balaban J connectivity index is 1.45. The highest BCUT2D eigenvalue weighted by Gasteiger charge is 2.10. The van der Waals surface area contributed by atoms with Crippen molar-refractivity contribution in [3.05, 3.63) is 71.0 Å². The molecule has 0 aliphatic rings. The molecule has 0 saturated heterocycles. The van der Waals surface area contributed by atoms with Crippen LogP contribution in [0.15, 0.2) is 58.3 Å². The maximum atomic E-state index is 12.9. The number of nitrogens with one attached hydrogen (secondary N) is 2. The molecule has 8 heteroatoms. The lowest BCUT2D eigenvalue weighted by molar-refractivity contribution is -0.116. The van der Waals surface area contributed by atoms with E-state index in [0.717, 1.165) is 11.3 Å². The number of nitrogens with zero attached hydrogens (tertiary/aromatic N) is 1. The van der Waals surface area contributed by atoms with Gasteiger partial charge in [-0.15, -0.1) is 11.3 Å². The van der Waals surface area contributed by atoms with Crippen LogP contribution in [0.4, 0.5) is 15.8 Å². The zero-order chi connectivity index (χ0) is 19.9. The highest BCUT2D eigenvalue weighted by Crippen LogP contribution is 2.23. The van der Waals surface area contributed by atoms with Gasteiger partial charge in [-0.3, -0.25) is 9.59 Å². The molecular formula is C20H18FN3O2S2. The fourth-order valence-corrected chi connectivity index (χ4v) is 3.94. The number of hydrogen-bond acceptors (Lipinski definition) is 5. The third-order valence-corrected chi connectivity index (χ3v) is 5.73. The van der Waals surface area contributed by atoms with Crippen LogP contribution in [0, 0.1) is 12.7 Å². The van der Waals surface area contributed by atoms with E-state index >= 15 is 0 Å². The molecule has 2 N–H and O–H groups in total. The topological polar surface area (TPSA) is 71.1 Å². The highest BCUT2D eigenvalue weighted by atomic mass is 32.2. The first-order chi connectivity index (χ1) is 13.5. The number of benzene rings is 2. The molecule has 0 unspecified atom stereocenters. The zero-order valence-corrected chi connectivity index (χ0v) is 16.7. The summed E-state index contributed by atoms with van der Waals surface area (Å²) < 4.78 is 13.6. The Bertz CT molecular complexity index is 956. The fourth-order valence-electron chi connectivity index (χ4n) is 2.30. The van der Waals surface area contributed by atoms with Crippen molar-refractivity contribution in [3.63, 3.8) is 0 Å². The number of thiazole rings is 1. The standard InChI is InChI=1S/C20H18FN3O2S2/c1-13-2-6-15(7-3-13)22-18(25)10-17-11-27-20(24-17)28-12-19(26)23-16-8-4-14(21)5-9-16/h2-9,11H,10,12H2,1H3,(H,22,25)(H,23,26). The summed E-state index contributed by atoms with van der Waals surface area (Å²) in [5, 5.41) is 7.35. The van der Waals surface area contributed by atoms with Gasteiger partial charge >= 0.3 is 0 Å². The van der Waals surface area contributed by atoms with Gasteiger partial charge in [0.1, 0.15) is 5.82 Å². The van der Waals surface area contributed by atoms with E-state index < -0.39 is 0 Å². The average Bonchev–Trinajstić information content (AvgIpc) is 3.11. The summed E-state index contributed by atoms with van der Waals surface area (Å²) in [5.41, 5.74) is 3.08. The molecule has 2 aromatic carbocycles. The molecule has 1 aromatic heterocycles. The predicted molar refractivity (Wildman–Crippen MR) is 111 cm³/mol. The van der Waals surface area contributed by atoms with E-state index in [-0.39, 0.29) is 29.8 Å². The quantitative estimate of drug-likeness (QED) is 0.557. The summed E-state index contributed by atoms with van der Waals surface area (Å²) in [4.78, 5) is 28.5. The molecule has 0 aliphatic carbocycles. The van der Waals surface area contributed by atoms with Gasteiger partial charge in [0.15, 0.2) is 4.34 Å². The molecule has 2 amide bonds. The minimum atomic E-state index is -0.353. The van der Waals surface area contributed by atoms with Crippen molar-refractivity contribution in [2.45, 2.75) is 17.7 Å². The second-order valence-corrected chi connectivity index (χ2v) is 8.12. The summed E-state index contributed by atoms with van der Waals surface area (Å²) in [7, 11) is 0. The van der Waals surface area contributed by atoms with Crippen LogP contribution < -0.4 is 10.6 Å². The second-order valence-electron chi connectivity index (χ2n) is 6.04. The van der Waals surface area contributed by atoms with Gasteiger partial charge in [-0.1, -0.05) is 29.5 Å². The van der Waals surface area contributed by atoms with Crippen molar-refractivity contribution in [2.24, 2.45) is 0 Å². The molecule has 0 radical (unpaired) electrons. The number of thioether (sulfide) groups is 1. The number of anilines is 2. The third kappa shape index (κ3) is 6.17. The van der Waals surface area contributed by atoms with Gasteiger partial charge in [-0.25, -0.2) is 9.37 Å². The normalized spacial score (nSPS) is 10.5. The lowest BCUT2D eigenvalue weighted by Crippen LogP contribution is -2.14. The van der Waals surface area contributed by atoms with Crippen molar-refractivity contribution >= 4 is 46.3 Å². The van der Waals surface area contributed by atoms with E-state index in [1.165, 1.54) is 47.4 Å². The Labute approximate surface area is 170 Å². The number of amides is 2. The van der Waals surface area contributed by atoms with Gasteiger partial charge in [0, 0.05) is 16.8 Å². The maximum Gasteiger partial charge on any atom is 0.234 e. The van der Waals surface area contributed by atoms with Crippen LogP contribution in [0.25, 0.3) is 0 Å². The first-order valence-corrected chi connectivity index (χ1v) is 10.3. The van der Waals surface area contributed by atoms with Crippen molar-refractivity contribution in [1.82, 2.24) is 4.98 Å². The van der Waals surface area contributed by atoms with Crippen LogP contribution in [-0.4, -0.2) is 22.6 Å². The molecule has 1 heterocycles. The van der Waals surface area contributed by atoms with Crippen LogP contribution in [-0.2, 0) is 16.0 Å². The number of carbonyl (C=O) groups is 2. The molecule has 28 heavy (non-hydrogen) atoms. The van der Waals surface area contributed by atoms with Crippen molar-refractivity contribution < 1.29 is 14.0 Å². The summed E-state index contributed by atoms with van der Waals surface area (Å²) in [6.07, 6.45) is 0.173. The largest absolute Gasteiger partial charge is 0.326 e. The molecule has 0 bridgehead atoms. The highest BCUT2D eigenvalue weighted by molar-refractivity contribution is 8.01. The molecule has 0 spiro atoms. The van der Waals surface area contributed by atoms with E-state index in [4.69, 9.17) is 0 Å². The Morgan fingerprint density at radius 3 is 2.29 bits per heavy atom. The number of aromatic nitrogens is 1. The zero-order valence-electron chi connectivity index (χ0n) is 15.1. The molecule has 3 rings (SSSR count). The minimum absolute atomic E-state index is 0.139. The van der Waals surface area contributed by atoms with E-state index in [1.54, 1.807) is 0 Å². The molecule has 0 saturated carbocycles. The molecule has 0 atom stereocenters. The van der Waals surface area contributed by atoms with E-state index in [9.17, 15) is 14.0 Å². The monoisotopic (exact) mass is 415 g/mol. The van der Waals surface area contributed by atoms with Gasteiger partial charge in [-0.05, 0) is 43.3 Å². The molecular weight excluding hydrogens is 397 g/mol. The lowest BCUT2D eigenvalue weighted by atomic mass is 10.2. The number of halogens is 1. The minimum Gasteiger partial charge on any atom is -0.326 e. The van der Waals surface area contributed by atoms with Gasteiger partial charge < -0.3 is 10.6 Å². The van der Waals surface area contributed by atoms with Crippen molar-refractivity contribution in [2.75, 3.05) is 16.4 Å². The summed E-state index contributed by atoms with van der Waals surface area (Å²) in [6.45, 7) is 1.99. The summed E-state index contributed by atoms with van der Waals surface area (Å²) in [5.74, 6) is -0.515. The molecule has 0 aliphatic heterocycles. The molecule has 5 nitrogen and oxygen atoms in total. The van der Waals surface area contributed by atoms with Crippen molar-refractivity contribution in [1.29, 1.82) is 0 Å². The molecule has 0 fully saturated rings. The SMILES string of the molecule is Cc1ccc(NC(=O)Cc2csc(SCC(=O)Nc3ccc(F)cc3)n2)cc1. The smallest absolute Gasteiger partial charge is 0.234 e.